The first kappa shape index (κ1) is 13.8. The third-order valence-corrected chi connectivity index (χ3v) is 6.01. The monoisotopic (exact) mass is 297 g/mol. The van der Waals surface area contributed by atoms with Gasteiger partial charge in [-0.05, 0) is 24.6 Å². The Balaban J connectivity index is 2.05. The predicted molar refractivity (Wildman–Crippen MR) is 83.1 cm³/mol. The minimum atomic E-state index is -2.77. The molecule has 0 saturated heterocycles. The van der Waals surface area contributed by atoms with E-state index in [-0.39, 0.29) is 5.91 Å². The van der Waals surface area contributed by atoms with Crippen molar-refractivity contribution in [1.82, 2.24) is 0 Å². The van der Waals surface area contributed by atoms with Crippen molar-refractivity contribution in [2.75, 3.05) is 0 Å². The molecular formula is C17H15NO2S. The van der Waals surface area contributed by atoms with Crippen molar-refractivity contribution in [3.8, 4) is 0 Å². The maximum Gasteiger partial charge on any atom is 0.282 e. The molecule has 0 fully saturated rings. The SMILES string of the molecule is CC1=C(Cc2ccccc2)C(=O)N=S1(=O)c1ccccc1. The van der Waals surface area contributed by atoms with Crippen LogP contribution in [0.25, 0.3) is 0 Å². The first-order valence-electron chi connectivity index (χ1n) is 6.71. The molecule has 1 aliphatic heterocycles. The third kappa shape index (κ3) is 2.43. The summed E-state index contributed by atoms with van der Waals surface area (Å²) in [4.78, 5) is 13.4. The zero-order valence-electron chi connectivity index (χ0n) is 11.7. The van der Waals surface area contributed by atoms with Crippen molar-refractivity contribution < 1.29 is 9.00 Å². The molecule has 0 radical (unpaired) electrons. The van der Waals surface area contributed by atoms with Crippen molar-refractivity contribution in [2.24, 2.45) is 4.36 Å². The minimum Gasteiger partial charge on any atom is -0.266 e. The predicted octanol–water partition coefficient (Wildman–Crippen LogP) is 3.57. The molecule has 3 nitrogen and oxygen atoms in total. The number of allylic oxidation sites excluding steroid dienone is 1. The summed E-state index contributed by atoms with van der Waals surface area (Å²) in [6.45, 7) is 1.75. The lowest BCUT2D eigenvalue weighted by atomic mass is 10.0. The molecule has 21 heavy (non-hydrogen) atoms. The molecule has 0 aromatic heterocycles. The fourth-order valence-corrected chi connectivity index (χ4v) is 4.35. The first-order chi connectivity index (χ1) is 10.1. The lowest BCUT2D eigenvalue weighted by Gasteiger charge is -2.07. The van der Waals surface area contributed by atoms with Crippen LogP contribution in [-0.4, -0.2) is 10.1 Å². The average molecular weight is 297 g/mol. The first-order valence-corrected chi connectivity index (χ1v) is 8.23. The van der Waals surface area contributed by atoms with E-state index in [0.29, 0.717) is 21.8 Å². The molecule has 1 atom stereocenters. The van der Waals surface area contributed by atoms with Crippen molar-refractivity contribution in [2.45, 2.75) is 18.2 Å². The Hall–Kier alpha value is -2.20. The molecule has 0 aliphatic carbocycles. The van der Waals surface area contributed by atoms with Gasteiger partial charge in [-0.15, -0.1) is 4.36 Å². The molecule has 1 amide bonds. The Labute approximate surface area is 124 Å². The Morgan fingerprint density at radius 1 is 0.952 bits per heavy atom. The van der Waals surface area contributed by atoms with Crippen LogP contribution in [0.4, 0.5) is 0 Å². The summed E-state index contributed by atoms with van der Waals surface area (Å²) in [6.07, 6.45) is 0.471. The van der Waals surface area contributed by atoms with Gasteiger partial charge in [0, 0.05) is 16.9 Å². The molecule has 0 spiro atoms. The summed E-state index contributed by atoms with van der Waals surface area (Å²) in [7, 11) is -2.77. The lowest BCUT2D eigenvalue weighted by molar-refractivity contribution is -0.114. The summed E-state index contributed by atoms with van der Waals surface area (Å²) in [5, 5.41) is 0. The van der Waals surface area contributed by atoms with Gasteiger partial charge >= 0.3 is 0 Å². The Kier molecular flexibility index (Phi) is 3.47. The summed E-state index contributed by atoms with van der Waals surface area (Å²) in [5.74, 6) is -0.356. The molecule has 2 aromatic rings. The van der Waals surface area contributed by atoms with Crippen LogP contribution < -0.4 is 0 Å². The molecule has 2 aromatic carbocycles. The summed E-state index contributed by atoms with van der Waals surface area (Å²) < 4.78 is 17.0. The fourth-order valence-electron chi connectivity index (χ4n) is 2.39. The van der Waals surface area contributed by atoms with Crippen LogP contribution in [-0.2, 0) is 20.9 Å². The van der Waals surface area contributed by atoms with Crippen LogP contribution in [0.3, 0.4) is 0 Å². The maximum absolute atomic E-state index is 13.1. The van der Waals surface area contributed by atoms with E-state index < -0.39 is 9.73 Å². The van der Waals surface area contributed by atoms with Gasteiger partial charge in [0.2, 0.25) is 0 Å². The highest BCUT2D eigenvalue weighted by Crippen LogP contribution is 2.32. The second-order valence-corrected chi connectivity index (χ2v) is 7.25. The van der Waals surface area contributed by atoms with Crippen LogP contribution in [0.1, 0.15) is 12.5 Å². The van der Waals surface area contributed by atoms with E-state index in [4.69, 9.17) is 0 Å². The van der Waals surface area contributed by atoms with Crippen molar-refractivity contribution >= 4 is 15.6 Å². The molecule has 1 heterocycles. The number of carbonyl (C=O) groups excluding carboxylic acids is 1. The normalized spacial score (nSPS) is 21.5. The molecule has 106 valence electrons. The molecule has 4 heteroatoms. The Bertz CT molecular complexity index is 830. The highest BCUT2D eigenvalue weighted by molar-refractivity contribution is 7.98. The van der Waals surface area contributed by atoms with Crippen molar-refractivity contribution in [3.05, 3.63) is 76.7 Å². The lowest BCUT2D eigenvalue weighted by Crippen LogP contribution is -2.01. The zero-order chi connectivity index (χ0) is 14.9. The van der Waals surface area contributed by atoms with Crippen LogP contribution in [0, 0.1) is 0 Å². The van der Waals surface area contributed by atoms with Gasteiger partial charge in [0.1, 0.15) is 9.73 Å². The van der Waals surface area contributed by atoms with E-state index in [1.54, 1.807) is 19.1 Å². The van der Waals surface area contributed by atoms with Crippen molar-refractivity contribution in [1.29, 1.82) is 0 Å². The molecule has 0 saturated carbocycles. The molecule has 0 N–H and O–H groups in total. The van der Waals surface area contributed by atoms with Gasteiger partial charge in [-0.2, -0.15) is 0 Å². The largest absolute Gasteiger partial charge is 0.282 e. The highest BCUT2D eigenvalue weighted by atomic mass is 32.2. The maximum atomic E-state index is 13.1. The Morgan fingerprint density at radius 2 is 1.52 bits per heavy atom. The fraction of sp³-hybridized carbons (Fsp3) is 0.118. The smallest absolute Gasteiger partial charge is 0.266 e. The summed E-state index contributed by atoms with van der Waals surface area (Å²) >= 11 is 0. The number of amides is 1. The van der Waals surface area contributed by atoms with E-state index in [0.717, 1.165) is 5.56 Å². The van der Waals surface area contributed by atoms with Gasteiger partial charge in [-0.25, -0.2) is 4.21 Å². The number of nitrogens with zero attached hydrogens (tertiary/aromatic N) is 1. The number of rotatable bonds is 3. The Morgan fingerprint density at radius 3 is 2.14 bits per heavy atom. The van der Waals surface area contributed by atoms with E-state index in [1.807, 2.05) is 48.5 Å². The second-order valence-electron chi connectivity index (χ2n) is 4.93. The summed E-state index contributed by atoms with van der Waals surface area (Å²) in [5.41, 5.74) is 1.57. The van der Waals surface area contributed by atoms with Gasteiger partial charge in [-0.3, -0.25) is 4.79 Å². The van der Waals surface area contributed by atoms with Gasteiger partial charge in [0.25, 0.3) is 5.91 Å². The molecule has 3 rings (SSSR count). The molecule has 1 unspecified atom stereocenters. The zero-order valence-corrected chi connectivity index (χ0v) is 12.5. The molecule has 0 bridgehead atoms. The van der Waals surface area contributed by atoms with Crippen LogP contribution >= 0.6 is 0 Å². The average Bonchev–Trinajstić information content (AvgIpc) is 2.74. The standard InChI is InChI=1S/C17H15NO2S/c1-13-16(12-14-8-4-2-5-9-14)17(19)18-21(13,20)15-10-6-3-7-11-15/h2-11H,12H2,1H3. The summed E-state index contributed by atoms with van der Waals surface area (Å²) in [6, 6.07) is 18.7. The number of carbonyl (C=O) groups is 1. The van der Waals surface area contributed by atoms with E-state index >= 15 is 0 Å². The van der Waals surface area contributed by atoms with Gasteiger partial charge in [0.15, 0.2) is 0 Å². The van der Waals surface area contributed by atoms with E-state index in [1.165, 1.54) is 0 Å². The topological polar surface area (TPSA) is 46.5 Å². The number of benzene rings is 2. The van der Waals surface area contributed by atoms with Crippen molar-refractivity contribution in [3.63, 3.8) is 0 Å². The molecule has 1 aliphatic rings. The number of hydrogen-bond acceptors (Lipinski definition) is 2. The van der Waals surface area contributed by atoms with E-state index in [2.05, 4.69) is 4.36 Å². The highest BCUT2D eigenvalue weighted by Gasteiger charge is 2.30. The van der Waals surface area contributed by atoms with Gasteiger partial charge < -0.3 is 0 Å². The third-order valence-electron chi connectivity index (χ3n) is 3.60. The van der Waals surface area contributed by atoms with Gasteiger partial charge in [0.05, 0.1) is 4.90 Å². The number of hydrogen-bond donors (Lipinski definition) is 0. The van der Waals surface area contributed by atoms with Crippen LogP contribution in [0.15, 0.2) is 80.4 Å². The van der Waals surface area contributed by atoms with Gasteiger partial charge in [-0.1, -0.05) is 48.5 Å². The minimum absolute atomic E-state index is 0.356. The van der Waals surface area contributed by atoms with Crippen LogP contribution in [0.5, 0.6) is 0 Å². The van der Waals surface area contributed by atoms with E-state index in [9.17, 15) is 9.00 Å². The molecular weight excluding hydrogens is 282 g/mol. The van der Waals surface area contributed by atoms with Crippen LogP contribution in [0.2, 0.25) is 0 Å². The quantitative estimate of drug-likeness (QED) is 0.869. The second kappa shape index (κ2) is 5.30.